The quantitative estimate of drug-likeness (QED) is 0.496. The summed E-state index contributed by atoms with van der Waals surface area (Å²) in [6, 6.07) is 0. The van der Waals surface area contributed by atoms with Crippen LogP contribution in [0.3, 0.4) is 0 Å². The zero-order chi connectivity index (χ0) is 9.56. The molecule has 0 unspecified atom stereocenters. The molecule has 0 aromatic rings. The van der Waals surface area contributed by atoms with Crippen LogP contribution in [0, 0.1) is 0 Å². The number of rotatable bonds is 3. The number of hydrogen-bond donors (Lipinski definition) is 2. The molecule has 0 radical (unpaired) electrons. The lowest BCUT2D eigenvalue weighted by atomic mass is 10.3. The van der Waals surface area contributed by atoms with Crippen molar-refractivity contribution in [1.82, 2.24) is 5.32 Å². The fourth-order valence-corrected chi connectivity index (χ4v) is 0.681. The summed E-state index contributed by atoms with van der Waals surface area (Å²) in [5.41, 5.74) is 0.525. The van der Waals surface area contributed by atoms with Crippen molar-refractivity contribution in [2.75, 3.05) is 0 Å². The van der Waals surface area contributed by atoms with Gasteiger partial charge in [0.05, 0.1) is 5.76 Å². The van der Waals surface area contributed by atoms with E-state index in [9.17, 15) is 4.79 Å². The SMILES string of the molecule is C=C/C=C(\C=C(/C)O)NC(C)=O. The molecule has 0 aliphatic carbocycles. The highest BCUT2D eigenvalue weighted by atomic mass is 16.3. The molecule has 12 heavy (non-hydrogen) atoms. The lowest BCUT2D eigenvalue weighted by Crippen LogP contribution is -2.17. The van der Waals surface area contributed by atoms with Gasteiger partial charge in [-0.25, -0.2) is 0 Å². The number of nitrogens with one attached hydrogen (secondary N) is 1. The van der Waals surface area contributed by atoms with E-state index in [1.54, 1.807) is 6.08 Å². The summed E-state index contributed by atoms with van der Waals surface area (Å²) in [6.07, 6.45) is 4.58. The fourth-order valence-electron chi connectivity index (χ4n) is 0.681. The van der Waals surface area contributed by atoms with Crippen LogP contribution in [0.4, 0.5) is 0 Å². The zero-order valence-electron chi connectivity index (χ0n) is 7.29. The number of hydrogen-bond acceptors (Lipinski definition) is 2. The fraction of sp³-hybridized carbons (Fsp3) is 0.222. The third-order valence-corrected chi connectivity index (χ3v) is 0.982. The lowest BCUT2D eigenvalue weighted by Gasteiger charge is -2.01. The first-order valence-electron chi connectivity index (χ1n) is 3.54. The second-order valence-electron chi connectivity index (χ2n) is 2.32. The van der Waals surface area contributed by atoms with Gasteiger partial charge in [0.25, 0.3) is 0 Å². The largest absolute Gasteiger partial charge is 0.513 e. The number of amides is 1. The molecule has 0 heterocycles. The Kier molecular flexibility index (Phi) is 4.53. The van der Waals surface area contributed by atoms with Crippen LogP contribution in [0.1, 0.15) is 13.8 Å². The molecule has 0 aliphatic rings. The molecular weight excluding hydrogens is 154 g/mol. The van der Waals surface area contributed by atoms with Gasteiger partial charge < -0.3 is 10.4 Å². The number of carbonyl (C=O) groups excluding carboxylic acids is 1. The summed E-state index contributed by atoms with van der Waals surface area (Å²) < 4.78 is 0. The molecule has 2 N–H and O–H groups in total. The van der Waals surface area contributed by atoms with Crippen LogP contribution in [0.25, 0.3) is 0 Å². The normalized spacial score (nSPS) is 12.5. The van der Waals surface area contributed by atoms with E-state index in [1.165, 1.54) is 26.0 Å². The molecule has 0 aromatic carbocycles. The van der Waals surface area contributed by atoms with Crippen LogP contribution in [0.15, 0.2) is 36.3 Å². The number of aliphatic hydroxyl groups excluding tert-OH is 1. The highest BCUT2D eigenvalue weighted by molar-refractivity contribution is 5.75. The average Bonchev–Trinajstić information content (AvgIpc) is 1.84. The topological polar surface area (TPSA) is 49.3 Å². The Morgan fingerprint density at radius 3 is 2.42 bits per heavy atom. The number of allylic oxidation sites excluding steroid dienone is 4. The predicted octanol–water partition coefficient (Wildman–Crippen LogP) is 1.65. The highest BCUT2D eigenvalue weighted by Gasteiger charge is 1.94. The van der Waals surface area contributed by atoms with Crippen molar-refractivity contribution in [3.63, 3.8) is 0 Å². The molecule has 3 nitrogen and oxygen atoms in total. The molecule has 0 aliphatic heterocycles. The Hall–Kier alpha value is -1.51. The minimum Gasteiger partial charge on any atom is -0.513 e. The Balaban J connectivity index is 4.45. The van der Waals surface area contributed by atoms with Gasteiger partial charge in [0.1, 0.15) is 0 Å². The smallest absolute Gasteiger partial charge is 0.221 e. The van der Waals surface area contributed by atoms with Crippen molar-refractivity contribution in [2.24, 2.45) is 0 Å². The molecule has 66 valence electrons. The van der Waals surface area contributed by atoms with Gasteiger partial charge >= 0.3 is 0 Å². The minimum absolute atomic E-state index is 0.136. The number of carbonyl (C=O) groups is 1. The van der Waals surface area contributed by atoms with Crippen LogP contribution in [-0.2, 0) is 4.79 Å². The average molecular weight is 167 g/mol. The monoisotopic (exact) mass is 167 g/mol. The molecule has 1 amide bonds. The summed E-state index contributed by atoms with van der Waals surface area (Å²) in [5.74, 6) is -0.0440. The first-order chi connectivity index (χ1) is 5.56. The molecule has 0 atom stereocenters. The third-order valence-electron chi connectivity index (χ3n) is 0.982. The molecule has 0 saturated carbocycles. The van der Waals surface area contributed by atoms with E-state index >= 15 is 0 Å². The highest BCUT2D eigenvalue weighted by Crippen LogP contribution is 1.96. The van der Waals surface area contributed by atoms with E-state index < -0.39 is 0 Å². The van der Waals surface area contributed by atoms with Crippen molar-refractivity contribution in [1.29, 1.82) is 0 Å². The molecule has 0 bridgehead atoms. The maximum Gasteiger partial charge on any atom is 0.221 e. The van der Waals surface area contributed by atoms with Crippen LogP contribution in [0.2, 0.25) is 0 Å². The summed E-state index contributed by atoms with van der Waals surface area (Å²) in [6.45, 7) is 6.40. The van der Waals surface area contributed by atoms with E-state index in [1.807, 2.05) is 0 Å². The van der Waals surface area contributed by atoms with Crippen molar-refractivity contribution < 1.29 is 9.90 Å². The van der Waals surface area contributed by atoms with Gasteiger partial charge in [-0.05, 0) is 19.1 Å². The Morgan fingerprint density at radius 2 is 2.08 bits per heavy atom. The minimum atomic E-state index is -0.180. The predicted molar refractivity (Wildman–Crippen MR) is 48.5 cm³/mol. The van der Waals surface area contributed by atoms with E-state index in [2.05, 4.69) is 11.9 Å². The molecule has 0 rings (SSSR count). The van der Waals surface area contributed by atoms with Crippen molar-refractivity contribution in [2.45, 2.75) is 13.8 Å². The maximum absolute atomic E-state index is 10.6. The van der Waals surface area contributed by atoms with Gasteiger partial charge in [-0.1, -0.05) is 12.7 Å². The second-order valence-corrected chi connectivity index (χ2v) is 2.32. The Bertz CT molecular complexity index is 235. The lowest BCUT2D eigenvalue weighted by molar-refractivity contribution is -0.118. The van der Waals surface area contributed by atoms with Crippen LogP contribution < -0.4 is 5.32 Å². The zero-order valence-corrected chi connectivity index (χ0v) is 7.29. The van der Waals surface area contributed by atoms with Crippen molar-refractivity contribution in [3.8, 4) is 0 Å². The van der Waals surface area contributed by atoms with Gasteiger partial charge in [0.15, 0.2) is 0 Å². The molecular formula is C9H13NO2. The third kappa shape index (κ3) is 5.29. The first kappa shape index (κ1) is 10.5. The molecule has 0 aromatic heterocycles. The van der Waals surface area contributed by atoms with Gasteiger partial charge in [-0.3, -0.25) is 4.79 Å². The number of aliphatic hydroxyl groups is 1. The summed E-state index contributed by atoms with van der Waals surface area (Å²) >= 11 is 0. The summed E-state index contributed by atoms with van der Waals surface area (Å²) in [4.78, 5) is 10.6. The van der Waals surface area contributed by atoms with Crippen LogP contribution in [0.5, 0.6) is 0 Å². The van der Waals surface area contributed by atoms with Gasteiger partial charge in [0.2, 0.25) is 5.91 Å². The molecule has 0 fully saturated rings. The first-order valence-corrected chi connectivity index (χ1v) is 3.54. The van der Waals surface area contributed by atoms with Crippen molar-refractivity contribution >= 4 is 5.91 Å². The Morgan fingerprint density at radius 1 is 1.50 bits per heavy atom. The second kappa shape index (κ2) is 5.18. The van der Waals surface area contributed by atoms with E-state index in [4.69, 9.17) is 5.11 Å². The van der Waals surface area contributed by atoms with E-state index in [0.29, 0.717) is 5.70 Å². The van der Waals surface area contributed by atoms with Crippen LogP contribution >= 0.6 is 0 Å². The molecule has 3 heteroatoms. The Labute approximate surface area is 72.1 Å². The van der Waals surface area contributed by atoms with Crippen molar-refractivity contribution in [3.05, 3.63) is 36.3 Å². The van der Waals surface area contributed by atoms with Gasteiger partial charge in [-0.15, -0.1) is 0 Å². The molecule has 0 spiro atoms. The van der Waals surface area contributed by atoms with Gasteiger partial charge in [-0.2, -0.15) is 0 Å². The van der Waals surface area contributed by atoms with Gasteiger partial charge in [0, 0.05) is 12.6 Å². The summed E-state index contributed by atoms with van der Waals surface area (Å²) in [5, 5.41) is 11.4. The standard InChI is InChI=1S/C9H13NO2/c1-4-5-9(6-7(2)11)10-8(3)12/h4-6,11H,1H2,2-3H3,(H,10,12)/b7-6+,9-5+. The maximum atomic E-state index is 10.6. The summed E-state index contributed by atoms with van der Waals surface area (Å²) in [7, 11) is 0. The van der Waals surface area contributed by atoms with Crippen LogP contribution in [-0.4, -0.2) is 11.0 Å². The van der Waals surface area contributed by atoms with E-state index in [-0.39, 0.29) is 11.7 Å². The molecule has 0 saturated heterocycles. The van der Waals surface area contributed by atoms with E-state index in [0.717, 1.165) is 0 Å².